The molecule has 1 atom stereocenters. The molecule has 0 spiro atoms. The van der Waals surface area contributed by atoms with E-state index >= 15 is 0 Å². The zero-order valence-electron chi connectivity index (χ0n) is 17.7. The topological polar surface area (TPSA) is 62.4 Å². The molecule has 0 saturated heterocycles. The van der Waals surface area contributed by atoms with E-state index in [4.69, 9.17) is 27.9 Å². The predicted octanol–water partition coefficient (Wildman–Crippen LogP) is 6.69. The van der Waals surface area contributed by atoms with E-state index < -0.39 is 24.9 Å². The summed E-state index contributed by atoms with van der Waals surface area (Å²) in [6, 6.07) is 14.7. The summed E-state index contributed by atoms with van der Waals surface area (Å²) in [5.74, 6) is 0.151. The van der Waals surface area contributed by atoms with Gasteiger partial charge in [0.25, 0.3) is 6.43 Å². The van der Waals surface area contributed by atoms with Crippen LogP contribution in [0.4, 0.5) is 14.5 Å². The molecular weight excluding hydrogens is 551 g/mol. The molecule has 0 aliphatic carbocycles. The van der Waals surface area contributed by atoms with Crippen LogP contribution in [0.1, 0.15) is 22.7 Å². The van der Waals surface area contributed by atoms with Crippen LogP contribution in [0.15, 0.2) is 59.1 Å². The normalized spacial score (nSPS) is 13.5. The van der Waals surface area contributed by atoms with Crippen LogP contribution in [0.5, 0.6) is 11.5 Å². The lowest BCUT2D eigenvalue weighted by Gasteiger charge is -2.23. The second-order valence-electron chi connectivity index (χ2n) is 7.66. The third-order valence-electron chi connectivity index (χ3n) is 5.24. The maximum absolute atomic E-state index is 13.1. The van der Waals surface area contributed by atoms with Gasteiger partial charge >= 0.3 is 0 Å². The van der Waals surface area contributed by atoms with Gasteiger partial charge in [0.05, 0.1) is 16.6 Å². The van der Waals surface area contributed by atoms with Crippen molar-refractivity contribution in [2.75, 3.05) is 11.9 Å². The molecule has 5 nitrogen and oxygen atoms in total. The van der Waals surface area contributed by atoms with Crippen LogP contribution in [0.2, 0.25) is 10.0 Å². The van der Waals surface area contributed by atoms with Gasteiger partial charge < -0.3 is 20.7 Å². The molecule has 0 unspecified atom stereocenters. The van der Waals surface area contributed by atoms with Gasteiger partial charge in [-0.3, -0.25) is 4.79 Å². The predicted molar refractivity (Wildman–Crippen MR) is 133 cm³/mol. The first-order valence-electron chi connectivity index (χ1n) is 10.4. The monoisotopic (exact) mass is 569 g/mol. The summed E-state index contributed by atoms with van der Waals surface area (Å²) < 4.78 is 32.4. The highest BCUT2D eigenvalue weighted by molar-refractivity contribution is 9.10. The smallest absolute Gasteiger partial charge is 0.255 e. The number of anilines is 1. The van der Waals surface area contributed by atoms with Crippen molar-refractivity contribution in [2.45, 2.75) is 25.6 Å². The molecule has 1 amide bonds. The summed E-state index contributed by atoms with van der Waals surface area (Å²) in [7, 11) is 0. The van der Waals surface area contributed by atoms with Crippen molar-refractivity contribution in [3.8, 4) is 11.5 Å². The third kappa shape index (κ3) is 5.99. The van der Waals surface area contributed by atoms with Gasteiger partial charge in [0.2, 0.25) is 5.91 Å². The molecule has 34 heavy (non-hydrogen) atoms. The fraction of sp³-hybridized carbons (Fsp3) is 0.208. The highest BCUT2D eigenvalue weighted by atomic mass is 79.9. The molecule has 0 bridgehead atoms. The molecule has 1 aliphatic rings. The number of ether oxygens (including phenoxy) is 1. The van der Waals surface area contributed by atoms with E-state index in [9.17, 15) is 13.6 Å². The Hall–Kier alpha value is -2.39. The molecule has 178 valence electrons. The van der Waals surface area contributed by atoms with Crippen LogP contribution in [0.3, 0.4) is 0 Å². The van der Waals surface area contributed by atoms with Gasteiger partial charge in [-0.05, 0) is 53.6 Å². The summed E-state index contributed by atoms with van der Waals surface area (Å²) in [6.07, 6.45) is -2.68. The quantitative estimate of drug-likeness (QED) is 0.282. The fourth-order valence-electron chi connectivity index (χ4n) is 3.62. The first kappa shape index (κ1) is 24.7. The van der Waals surface area contributed by atoms with Crippen LogP contribution in [0.25, 0.3) is 0 Å². The maximum Gasteiger partial charge on any atom is 0.255 e. The molecule has 3 N–H and O–H groups in total. The van der Waals surface area contributed by atoms with Gasteiger partial charge in [0.15, 0.2) is 0 Å². The second kappa shape index (κ2) is 10.9. The van der Waals surface area contributed by atoms with Crippen molar-refractivity contribution in [3.05, 3.63) is 85.8 Å². The van der Waals surface area contributed by atoms with Gasteiger partial charge in [-0.1, -0.05) is 45.2 Å². The number of carbonyl (C=O) groups is 1. The lowest BCUT2D eigenvalue weighted by molar-refractivity contribution is -0.122. The highest BCUT2D eigenvalue weighted by Gasteiger charge is 2.26. The first-order chi connectivity index (χ1) is 16.3. The van der Waals surface area contributed by atoms with Crippen molar-refractivity contribution in [1.29, 1.82) is 0 Å². The van der Waals surface area contributed by atoms with Gasteiger partial charge in [-0.15, -0.1) is 0 Å². The zero-order valence-corrected chi connectivity index (χ0v) is 20.8. The molecule has 0 aromatic heterocycles. The van der Waals surface area contributed by atoms with E-state index in [2.05, 4.69) is 31.9 Å². The average molecular weight is 571 g/mol. The Morgan fingerprint density at radius 2 is 1.82 bits per heavy atom. The van der Waals surface area contributed by atoms with E-state index in [1.807, 2.05) is 18.2 Å². The number of nitrogens with one attached hydrogen (secondary N) is 3. The average Bonchev–Trinajstić information content (AvgIpc) is 3.27. The van der Waals surface area contributed by atoms with E-state index in [0.717, 1.165) is 18.7 Å². The minimum atomic E-state index is -2.68. The van der Waals surface area contributed by atoms with Crippen LogP contribution < -0.4 is 20.7 Å². The van der Waals surface area contributed by atoms with E-state index in [0.29, 0.717) is 37.3 Å². The van der Waals surface area contributed by atoms with Crippen molar-refractivity contribution in [1.82, 2.24) is 10.6 Å². The van der Waals surface area contributed by atoms with Crippen molar-refractivity contribution >= 4 is 50.7 Å². The Kier molecular flexibility index (Phi) is 7.93. The lowest BCUT2D eigenvalue weighted by Crippen LogP contribution is -2.36. The zero-order chi connectivity index (χ0) is 24.2. The van der Waals surface area contributed by atoms with Crippen LogP contribution in [-0.2, 0) is 17.9 Å². The number of halogens is 5. The van der Waals surface area contributed by atoms with Crippen LogP contribution in [0, 0.1) is 0 Å². The van der Waals surface area contributed by atoms with E-state index in [1.54, 1.807) is 36.4 Å². The standard InChI is InChI=1S/C24H20BrCl2F2N3O2/c25-15-2-6-21(34-17-4-5-19(26)20(27)9-17)18(8-15)23(24(33)31-12-22(28)29)32-16-3-1-13-10-30-11-14(13)7-16/h1-9,22-23,30,32H,10-12H2,(H,31,33)/t23-/m1/s1. The largest absolute Gasteiger partial charge is 0.457 e. The summed E-state index contributed by atoms with van der Waals surface area (Å²) in [5, 5.41) is 9.46. The first-order valence-corrected chi connectivity index (χ1v) is 11.9. The number of amides is 1. The molecule has 10 heteroatoms. The van der Waals surface area contributed by atoms with Crippen molar-refractivity contribution < 1.29 is 18.3 Å². The SMILES string of the molecule is O=C(NCC(F)F)[C@H](Nc1ccc2c(c1)CNC2)c1cc(Br)ccc1Oc1ccc(Cl)c(Cl)c1. The number of rotatable bonds is 8. The Morgan fingerprint density at radius 3 is 2.59 bits per heavy atom. The highest BCUT2D eigenvalue weighted by Crippen LogP contribution is 2.36. The fourth-order valence-corrected chi connectivity index (χ4v) is 4.29. The molecule has 1 heterocycles. The summed E-state index contributed by atoms with van der Waals surface area (Å²) in [5.41, 5.74) is 3.42. The molecule has 4 rings (SSSR count). The minimum Gasteiger partial charge on any atom is -0.457 e. The van der Waals surface area contributed by atoms with Gasteiger partial charge in [-0.2, -0.15) is 0 Å². The van der Waals surface area contributed by atoms with Gasteiger partial charge in [0.1, 0.15) is 17.5 Å². The van der Waals surface area contributed by atoms with Crippen molar-refractivity contribution in [3.63, 3.8) is 0 Å². The summed E-state index contributed by atoms with van der Waals surface area (Å²) in [6.45, 7) is 0.735. The molecule has 1 aliphatic heterocycles. The van der Waals surface area contributed by atoms with E-state index in [1.165, 1.54) is 5.56 Å². The number of hydrogen-bond donors (Lipinski definition) is 3. The molecule has 0 radical (unpaired) electrons. The number of benzene rings is 3. The van der Waals surface area contributed by atoms with Crippen molar-refractivity contribution in [2.24, 2.45) is 0 Å². The molecular formula is C24H20BrCl2F2N3O2. The Labute approximate surface area is 213 Å². The summed E-state index contributed by atoms with van der Waals surface area (Å²) in [4.78, 5) is 13.1. The number of fused-ring (bicyclic) bond motifs is 1. The van der Waals surface area contributed by atoms with Crippen LogP contribution >= 0.6 is 39.1 Å². The Bertz CT molecular complexity index is 1210. The Morgan fingerprint density at radius 1 is 1.03 bits per heavy atom. The number of alkyl halides is 2. The third-order valence-corrected chi connectivity index (χ3v) is 6.47. The van der Waals surface area contributed by atoms with Gasteiger partial charge in [-0.25, -0.2) is 8.78 Å². The maximum atomic E-state index is 13.1. The van der Waals surface area contributed by atoms with Crippen LogP contribution in [-0.4, -0.2) is 18.9 Å². The molecule has 0 fully saturated rings. The molecule has 3 aromatic carbocycles. The lowest BCUT2D eigenvalue weighted by atomic mass is 10.0. The minimum absolute atomic E-state index is 0.314. The summed E-state index contributed by atoms with van der Waals surface area (Å²) >= 11 is 15.5. The number of carbonyl (C=O) groups excluding carboxylic acids is 1. The Balaban J connectivity index is 1.70. The number of hydrogen-bond acceptors (Lipinski definition) is 4. The molecule has 3 aromatic rings. The second-order valence-corrected chi connectivity index (χ2v) is 9.39. The molecule has 0 saturated carbocycles. The van der Waals surface area contributed by atoms with Gasteiger partial charge in [0, 0.05) is 34.9 Å². The van der Waals surface area contributed by atoms with E-state index in [-0.39, 0.29) is 0 Å².